The highest BCUT2D eigenvalue weighted by Gasteiger charge is 2.11. The summed E-state index contributed by atoms with van der Waals surface area (Å²) in [7, 11) is 1.57. The van der Waals surface area contributed by atoms with Crippen molar-refractivity contribution in [1.29, 1.82) is 0 Å². The highest BCUT2D eigenvalue weighted by Crippen LogP contribution is 2.28. The summed E-state index contributed by atoms with van der Waals surface area (Å²) in [5, 5.41) is 4.86. The van der Waals surface area contributed by atoms with Gasteiger partial charge in [-0.05, 0) is 60.8 Å². The number of nitrogens with two attached hydrogens (primary N) is 1. The average molecular weight is 311 g/mol. The van der Waals surface area contributed by atoms with Crippen molar-refractivity contribution >= 4 is 16.5 Å². The fourth-order valence-corrected chi connectivity index (χ4v) is 2.51. The fraction of sp³-hybridized carbons (Fsp3) is 0.167. The number of anilines is 1. The van der Waals surface area contributed by atoms with E-state index in [4.69, 9.17) is 10.5 Å². The Morgan fingerprint density at radius 3 is 2.83 bits per heavy atom. The zero-order chi connectivity index (χ0) is 17.0. The number of pyridine rings is 1. The van der Waals surface area contributed by atoms with Crippen LogP contribution in [0.15, 0.2) is 59.5 Å². The number of hydrogen-bond donors (Lipinski definition) is 3. The van der Waals surface area contributed by atoms with Crippen molar-refractivity contribution < 1.29 is 4.74 Å². The highest BCUT2D eigenvalue weighted by molar-refractivity contribution is 5.92. The van der Waals surface area contributed by atoms with Crippen molar-refractivity contribution in [1.82, 2.24) is 4.98 Å². The quantitative estimate of drug-likeness (QED) is 0.585. The lowest BCUT2D eigenvalue weighted by molar-refractivity contribution is 0.302. The molecule has 0 amide bonds. The van der Waals surface area contributed by atoms with Crippen molar-refractivity contribution in [2.75, 3.05) is 12.4 Å². The van der Waals surface area contributed by atoms with Crippen LogP contribution >= 0.6 is 0 Å². The second-order valence-electron chi connectivity index (χ2n) is 5.18. The lowest BCUT2D eigenvalue weighted by Gasteiger charge is -2.16. The summed E-state index contributed by atoms with van der Waals surface area (Å²) < 4.78 is 5.30. The summed E-state index contributed by atoms with van der Waals surface area (Å²) >= 11 is 0. The topological polar surface area (TPSA) is 80.1 Å². The van der Waals surface area contributed by atoms with Gasteiger partial charge >= 0.3 is 0 Å². The van der Waals surface area contributed by atoms with Crippen LogP contribution < -0.4 is 16.6 Å². The van der Waals surface area contributed by atoms with Crippen LogP contribution in [0.2, 0.25) is 0 Å². The average Bonchev–Trinajstić information content (AvgIpc) is 2.52. The minimum absolute atomic E-state index is 0.0842. The van der Waals surface area contributed by atoms with Crippen LogP contribution in [0, 0.1) is 13.8 Å². The van der Waals surface area contributed by atoms with Crippen molar-refractivity contribution in [2.45, 2.75) is 13.8 Å². The Kier molecular flexibility index (Phi) is 4.91. The van der Waals surface area contributed by atoms with Gasteiger partial charge < -0.3 is 20.8 Å². The van der Waals surface area contributed by atoms with Crippen LogP contribution in [0.5, 0.6) is 0 Å². The number of methoxy groups -OCH3 is 1. The van der Waals surface area contributed by atoms with Gasteiger partial charge in [0.2, 0.25) is 0 Å². The first-order valence-electron chi connectivity index (χ1n) is 7.20. The molecule has 0 aliphatic carbocycles. The van der Waals surface area contributed by atoms with Crippen LogP contribution in [0.3, 0.4) is 0 Å². The number of aromatic amines is 1. The van der Waals surface area contributed by atoms with Crippen LogP contribution in [0.1, 0.15) is 11.1 Å². The monoisotopic (exact) mass is 311 g/mol. The van der Waals surface area contributed by atoms with Gasteiger partial charge in [0.1, 0.15) is 5.76 Å². The molecule has 1 heterocycles. The molecule has 2 rings (SSSR count). The zero-order valence-corrected chi connectivity index (χ0v) is 13.6. The van der Waals surface area contributed by atoms with Gasteiger partial charge in [-0.1, -0.05) is 6.58 Å². The van der Waals surface area contributed by atoms with E-state index in [2.05, 4.69) is 16.9 Å². The summed E-state index contributed by atoms with van der Waals surface area (Å²) in [6.07, 6.45) is 6.47. The van der Waals surface area contributed by atoms with E-state index in [0.29, 0.717) is 16.8 Å². The van der Waals surface area contributed by atoms with Crippen molar-refractivity contribution in [3.8, 4) is 0 Å². The van der Waals surface area contributed by atoms with E-state index in [1.165, 1.54) is 6.20 Å². The number of ether oxygens (including phenoxy) is 1. The number of benzene rings is 1. The van der Waals surface area contributed by atoms with Gasteiger partial charge in [-0.25, -0.2) is 0 Å². The highest BCUT2D eigenvalue weighted by atomic mass is 16.5. The molecular weight excluding hydrogens is 290 g/mol. The molecule has 0 saturated heterocycles. The first-order valence-corrected chi connectivity index (χ1v) is 7.20. The molecule has 0 spiro atoms. The molecule has 0 fully saturated rings. The number of allylic oxidation sites excluding steroid dienone is 2. The Morgan fingerprint density at radius 2 is 2.17 bits per heavy atom. The Balaban J connectivity index is 2.47. The number of nitrogens with one attached hydrogen (secondary N) is 2. The number of fused-ring (bicyclic) bond motifs is 1. The summed E-state index contributed by atoms with van der Waals surface area (Å²) in [5.74, 6) is 0.578. The lowest BCUT2D eigenvalue weighted by Crippen LogP contribution is -2.09. The number of hydrogen-bond acceptors (Lipinski definition) is 4. The van der Waals surface area contributed by atoms with Gasteiger partial charge in [0.05, 0.1) is 18.2 Å². The molecule has 4 N–H and O–H groups in total. The molecule has 0 saturated carbocycles. The zero-order valence-electron chi connectivity index (χ0n) is 13.6. The van der Waals surface area contributed by atoms with Gasteiger partial charge in [-0.3, -0.25) is 4.79 Å². The predicted molar refractivity (Wildman–Crippen MR) is 95.2 cm³/mol. The third-order valence-corrected chi connectivity index (χ3v) is 3.69. The largest absolute Gasteiger partial charge is 0.495 e. The molecule has 1 aromatic heterocycles. The predicted octanol–water partition coefficient (Wildman–Crippen LogP) is 3.07. The minimum Gasteiger partial charge on any atom is -0.495 e. The van der Waals surface area contributed by atoms with Crippen LogP contribution in [0.25, 0.3) is 10.8 Å². The molecule has 5 heteroatoms. The van der Waals surface area contributed by atoms with E-state index in [1.807, 2.05) is 26.0 Å². The number of rotatable bonds is 5. The molecule has 5 nitrogen and oxygen atoms in total. The normalized spacial score (nSPS) is 11.9. The van der Waals surface area contributed by atoms with Gasteiger partial charge in [-0.15, -0.1) is 0 Å². The Labute approximate surface area is 135 Å². The van der Waals surface area contributed by atoms with Crippen LogP contribution in [0.4, 0.5) is 5.69 Å². The van der Waals surface area contributed by atoms with Gasteiger partial charge in [0.25, 0.3) is 5.56 Å². The molecule has 0 unspecified atom stereocenters. The Bertz CT molecular complexity index is 860. The maximum Gasteiger partial charge on any atom is 0.256 e. The molecule has 0 radical (unpaired) electrons. The molecule has 2 aromatic rings. The summed E-state index contributed by atoms with van der Waals surface area (Å²) in [5.41, 5.74) is 8.62. The summed E-state index contributed by atoms with van der Waals surface area (Å²) in [4.78, 5) is 14.7. The van der Waals surface area contributed by atoms with E-state index in [0.717, 1.165) is 22.2 Å². The summed E-state index contributed by atoms with van der Waals surface area (Å²) in [6.45, 7) is 7.87. The Hall–Kier alpha value is -2.95. The molecule has 0 aliphatic heterocycles. The molecule has 1 aromatic carbocycles. The third kappa shape index (κ3) is 3.29. The number of aromatic nitrogens is 1. The van der Waals surface area contributed by atoms with Gasteiger partial charge in [0.15, 0.2) is 0 Å². The van der Waals surface area contributed by atoms with E-state index in [9.17, 15) is 4.79 Å². The minimum atomic E-state index is -0.0842. The molecule has 0 bridgehead atoms. The maximum atomic E-state index is 12.0. The van der Waals surface area contributed by atoms with E-state index in [1.54, 1.807) is 25.5 Å². The van der Waals surface area contributed by atoms with Crippen LogP contribution in [-0.4, -0.2) is 12.1 Å². The van der Waals surface area contributed by atoms with Crippen molar-refractivity contribution in [3.05, 3.63) is 76.2 Å². The first kappa shape index (κ1) is 16.4. The number of H-pyrrole nitrogens is 1. The SMILES string of the molecule is C=C(Nc1cc(C)c2c(=O)[nH]ccc2c1C)/C(=C\C=C/N)OC. The van der Waals surface area contributed by atoms with E-state index >= 15 is 0 Å². The van der Waals surface area contributed by atoms with Gasteiger partial charge in [-0.2, -0.15) is 0 Å². The van der Waals surface area contributed by atoms with Crippen molar-refractivity contribution in [3.63, 3.8) is 0 Å². The second-order valence-corrected chi connectivity index (χ2v) is 5.18. The van der Waals surface area contributed by atoms with E-state index in [-0.39, 0.29) is 5.56 Å². The molecular formula is C18H21N3O2. The smallest absolute Gasteiger partial charge is 0.256 e. The molecule has 0 atom stereocenters. The second kappa shape index (κ2) is 6.87. The third-order valence-electron chi connectivity index (χ3n) is 3.69. The molecule has 120 valence electrons. The van der Waals surface area contributed by atoms with Gasteiger partial charge in [0, 0.05) is 11.9 Å². The standard InChI is InChI=1S/C18H21N3O2/c1-11-10-15(21-13(3)16(23-4)6-5-8-19)12(2)14-7-9-20-18(22)17(11)14/h5-10,21H,3,19H2,1-2,4H3,(H,20,22)/b8-5-,16-6+. The van der Waals surface area contributed by atoms with E-state index < -0.39 is 0 Å². The first-order chi connectivity index (χ1) is 11.0. The molecule has 0 aliphatic rings. The molecule has 23 heavy (non-hydrogen) atoms. The fourth-order valence-electron chi connectivity index (χ4n) is 2.51. The lowest BCUT2D eigenvalue weighted by atomic mass is 10.0. The van der Waals surface area contributed by atoms with Crippen LogP contribution in [-0.2, 0) is 4.74 Å². The Morgan fingerprint density at radius 1 is 1.43 bits per heavy atom. The van der Waals surface area contributed by atoms with Crippen molar-refractivity contribution in [2.24, 2.45) is 5.73 Å². The summed E-state index contributed by atoms with van der Waals surface area (Å²) in [6, 6.07) is 3.83. The maximum absolute atomic E-state index is 12.0. The number of aryl methyl sites for hydroxylation is 2.